The number of amides is 1. The first-order valence-electron chi connectivity index (χ1n) is 13.0. The first-order chi connectivity index (χ1) is 18.6. The summed E-state index contributed by atoms with van der Waals surface area (Å²) in [7, 11) is 1.64. The van der Waals surface area contributed by atoms with Gasteiger partial charge in [-0.15, -0.1) is 0 Å². The lowest BCUT2D eigenvalue weighted by molar-refractivity contribution is -0.130. The molecule has 0 saturated carbocycles. The van der Waals surface area contributed by atoms with Crippen molar-refractivity contribution in [2.45, 2.75) is 25.5 Å². The lowest BCUT2D eigenvalue weighted by Gasteiger charge is -2.40. The van der Waals surface area contributed by atoms with E-state index >= 15 is 0 Å². The van der Waals surface area contributed by atoms with Crippen LogP contribution in [0.5, 0.6) is 5.75 Å². The molecule has 8 heteroatoms. The number of aliphatic hydroxyl groups is 1. The molecule has 8 nitrogen and oxygen atoms in total. The Morgan fingerprint density at radius 2 is 1.66 bits per heavy atom. The van der Waals surface area contributed by atoms with Gasteiger partial charge in [0.15, 0.2) is 0 Å². The standard InChI is InChI=1S/C30H31N5O3/c1-38-27-18-25(6-7-26(27)24-19-32-33-20-24)35-17-12-30(29(35)37)10-15-34(16-11-30)28(36)23-4-2-21(3-5-23)22-8-13-31-14-9-22/h2-9,13-14,18-20,28,36H,10-12,15-17H2,1H3,(H,32,33). The van der Waals surface area contributed by atoms with Crippen molar-refractivity contribution in [3.63, 3.8) is 0 Å². The second-order valence-corrected chi connectivity index (χ2v) is 10.1. The van der Waals surface area contributed by atoms with Crippen molar-refractivity contribution in [2.24, 2.45) is 5.41 Å². The number of nitrogens with zero attached hydrogens (tertiary/aromatic N) is 4. The molecule has 38 heavy (non-hydrogen) atoms. The number of nitrogens with one attached hydrogen (secondary N) is 1. The van der Waals surface area contributed by atoms with Crippen molar-refractivity contribution in [3.8, 4) is 28.0 Å². The molecule has 4 heterocycles. The Kier molecular flexibility index (Phi) is 6.43. The average Bonchev–Trinajstić information content (AvgIpc) is 3.62. The fraction of sp³-hybridized carbons (Fsp3) is 0.300. The highest BCUT2D eigenvalue weighted by molar-refractivity contribution is 6.00. The average molecular weight is 510 g/mol. The van der Waals surface area contributed by atoms with Crippen molar-refractivity contribution in [3.05, 3.63) is 84.9 Å². The van der Waals surface area contributed by atoms with Crippen LogP contribution < -0.4 is 9.64 Å². The topological polar surface area (TPSA) is 94.6 Å². The Bertz CT molecular complexity index is 1400. The van der Waals surface area contributed by atoms with E-state index in [0.717, 1.165) is 52.8 Å². The number of carbonyl (C=O) groups excluding carboxylic acids is 1. The van der Waals surface area contributed by atoms with E-state index in [1.165, 1.54) is 0 Å². The first kappa shape index (κ1) is 24.3. The highest BCUT2D eigenvalue weighted by Crippen LogP contribution is 2.45. The van der Waals surface area contributed by atoms with E-state index in [0.29, 0.717) is 25.4 Å². The van der Waals surface area contributed by atoms with Crippen LogP contribution in [-0.2, 0) is 4.79 Å². The van der Waals surface area contributed by atoms with E-state index in [4.69, 9.17) is 4.74 Å². The lowest BCUT2D eigenvalue weighted by atomic mass is 9.77. The summed E-state index contributed by atoms with van der Waals surface area (Å²) in [5.74, 6) is 0.886. The summed E-state index contributed by atoms with van der Waals surface area (Å²) in [5.41, 5.74) is 5.40. The maximum absolute atomic E-state index is 13.7. The van der Waals surface area contributed by atoms with Gasteiger partial charge in [0.1, 0.15) is 12.0 Å². The number of hydrogen-bond acceptors (Lipinski definition) is 6. The summed E-state index contributed by atoms with van der Waals surface area (Å²) in [6.07, 6.45) is 8.74. The van der Waals surface area contributed by atoms with Crippen LogP contribution in [0, 0.1) is 5.41 Å². The number of rotatable bonds is 6. The van der Waals surface area contributed by atoms with Crippen molar-refractivity contribution in [1.29, 1.82) is 0 Å². The van der Waals surface area contributed by atoms with Crippen LogP contribution in [0.1, 0.15) is 31.1 Å². The number of benzene rings is 2. The summed E-state index contributed by atoms with van der Waals surface area (Å²) < 4.78 is 5.64. The van der Waals surface area contributed by atoms with Crippen LogP contribution >= 0.6 is 0 Å². The fourth-order valence-electron chi connectivity index (χ4n) is 5.81. The van der Waals surface area contributed by atoms with Gasteiger partial charge in [0.2, 0.25) is 5.91 Å². The normalized spacial score (nSPS) is 18.2. The van der Waals surface area contributed by atoms with Crippen LogP contribution in [0.4, 0.5) is 5.69 Å². The second kappa shape index (κ2) is 10.0. The molecule has 0 radical (unpaired) electrons. The molecule has 2 saturated heterocycles. The molecule has 2 aromatic carbocycles. The number of aliphatic hydroxyl groups excluding tert-OH is 1. The molecule has 4 aromatic rings. The minimum Gasteiger partial charge on any atom is -0.496 e. The number of aromatic nitrogens is 3. The lowest BCUT2D eigenvalue weighted by Crippen LogP contribution is -2.45. The summed E-state index contributed by atoms with van der Waals surface area (Å²) in [6.45, 7) is 2.04. The molecule has 6 rings (SSSR count). The SMILES string of the molecule is COc1cc(N2CCC3(CCN(C(O)c4ccc(-c5ccncc5)cc4)CC3)C2=O)ccc1-c1cn[nH]c1. The number of aromatic amines is 1. The Balaban J connectivity index is 1.12. The Labute approximate surface area is 221 Å². The predicted molar refractivity (Wildman–Crippen MR) is 145 cm³/mol. The van der Waals surface area contributed by atoms with Gasteiger partial charge < -0.3 is 14.7 Å². The number of anilines is 1. The molecule has 1 unspecified atom stereocenters. The molecule has 2 aromatic heterocycles. The smallest absolute Gasteiger partial charge is 0.233 e. The highest BCUT2D eigenvalue weighted by atomic mass is 16.5. The van der Waals surface area contributed by atoms with Gasteiger partial charge in [-0.2, -0.15) is 5.10 Å². The molecule has 2 fully saturated rings. The summed E-state index contributed by atoms with van der Waals surface area (Å²) in [6, 6.07) is 17.9. The summed E-state index contributed by atoms with van der Waals surface area (Å²) in [4.78, 5) is 21.7. The zero-order chi connectivity index (χ0) is 26.1. The van der Waals surface area contributed by atoms with Gasteiger partial charge in [0.25, 0.3) is 0 Å². The maximum Gasteiger partial charge on any atom is 0.233 e. The zero-order valence-electron chi connectivity index (χ0n) is 21.4. The Morgan fingerprint density at radius 1 is 0.947 bits per heavy atom. The number of pyridine rings is 1. The van der Waals surface area contributed by atoms with Gasteiger partial charge >= 0.3 is 0 Å². The molecule has 2 aliphatic rings. The van der Waals surface area contributed by atoms with Gasteiger partial charge in [-0.1, -0.05) is 24.3 Å². The molecule has 1 amide bonds. The van der Waals surface area contributed by atoms with Crippen molar-refractivity contribution < 1.29 is 14.6 Å². The number of piperidine rings is 1. The van der Waals surface area contributed by atoms with Gasteiger partial charge in [0.05, 0.1) is 18.7 Å². The van der Waals surface area contributed by atoms with Gasteiger partial charge in [-0.25, -0.2) is 0 Å². The summed E-state index contributed by atoms with van der Waals surface area (Å²) in [5, 5.41) is 18.0. The minimum atomic E-state index is -0.689. The molecular formula is C30H31N5O3. The van der Waals surface area contributed by atoms with Crippen LogP contribution in [0.2, 0.25) is 0 Å². The highest BCUT2D eigenvalue weighted by Gasteiger charge is 2.49. The number of ether oxygens (including phenoxy) is 1. The van der Waals surface area contributed by atoms with E-state index in [1.807, 2.05) is 65.7 Å². The minimum absolute atomic E-state index is 0.173. The molecule has 194 valence electrons. The Hall–Kier alpha value is -4.01. The third kappa shape index (κ3) is 4.36. The number of methoxy groups -OCH3 is 1. The molecular weight excluding hydrogens is 478 g/mol. The van der Waals surface area contributed by atoms with Crippen LogP contribution in [0.25, 0.3) is 22.3 Å². The van der Waals surface area contributed by atoms with E-state index in [2.05, 4.69) is 20.1 Å². The van der Waals surface area contributed by atoms with Crippen LogP contribution in [0.3, 0.4) is 0 Å². The third-order valence-electron chi connectivity index (χ3n) is 8.14. The molecule has 0 aliphatic carbocycles. The quantitative estimate of drug-likeness (QED) is 0.393. The summed E-state index contributed by atoms with van der Waals surface area (Å²) >= 11 is 0. The van der Waals surface area contributed by atoms with Crippen molar-refractivity contribution in [1.82, 2.24) is 20.1 Å². The predicted octanol–water partition coefficient (Wildman–Crippen LogP) is 4.66. The number of likely N-dealkylation sites (tertiary alicyclic amines) is 1. The number of H-pyrrole nitrogens is 1. The van der Waals surface area contributed by atoms with E-state index in [1.54, 1.807) is 25.7 Å². The monoisotopic (exact) mass is 509 g/mol. The molecule has 1 atom stereocenters. The first-order valence-corrected chi connectivity index (χ1v) is 13.0. The fourth-order valence-corrected chi connectivity index (χ4v) is 5.81. The third-order valence-corrected chi connectivity index (χ3v) is 8.14. The van der Waals surface area contributed by atoms with Crippen molar-refractivity contribution in [2.75, 3.05) is 31.6 Å². The maximum atomic E-state index is 13.7. The largest absolute Gasteiger partial charge is 0.496 e. The van der Waals surface area contributed by atoms with Crippen LogP contribution in [-0.4, -0.2) is 57.8 Å². The molecule has 1 spiro atoms. The van der Waals surface area contributed by atoms with E-state index in [-0.39, 0.29) is 11.3 Å². The second-order valence-electron chi connectivity index (χ2n) is 10.1. The molecule has 0 bridgehead atoms. The van der Waals surface area contributed by atoms with E-state index < -0.39 is 6.23 Å². The van der Waals surface area contributed by atoms with Gasteiger partial charge in [0, 0.05) is 61.1 Å². The Morgan fingerprint density at radius 3 is 2.34 bits per heavy atom. The van der Waals surface area contributed by atoms with Crippen molar-refractivity contribution >= 4 is 11.6 Å². The van der Waals surface area contributed by atoms with Gasteiger partial charge in [-0.3, -0.25) is 19.8 Å². The zero-order valence-corrected chi connectivity index (χ0v) is 21.4. The number of carbonyl (C=O) groups is 1. The van der Waals surface area contributed by atoms with Crippen LogP contribution in [0.15, 0.2) is 79.4 Å². The molecule has 2 N–H and O–H groups in total. The number of hydrogen-bond donors (Lipinski definition) is 2. The van der Waals surface area contributed by atoms with E-state index in [9.17, 15) is 9.90 Å². The van der Waals surface area contributed by atoms with Gasteiger partial charge in [-0.05, 0) is 60.2 Å². The molecule has 2 aliphatic heterocycles.